The summed E-state index contributed by atoms with van der Waals surface area (Å²) in [5, 5.41) is 0. The highest BCUT2D eigenvalue weighted by molar-refractivity contribution is 5.98. The summed E-state index contributed by atoms with van der Waals surface area (Å²) in [6, 6.07) is 5.00. The Bertz CT molecular complexity index is 710. The Balaban J connectivity index is 2.33. The number of carbonyl (C=O) groups excluding carboxylic acids is 1. The molecule has 0 bridgehead atoms. The molecule has 6 heteroatoms. The van der Waals surface area contributed by atoms with E-state index in [4.69, 9.17) is 4.74 Å². The van der Waals surface area contributed by atoms with Gasteiger partial charge in [0.2, 0.25) is 0 Å². The van der Waals surface area contributed by atoms with E-state index in [0.717, 1.165) is 6.07 Å². The summed E-state index contributed by atoms with van der Waals surface area (Å²) >= 11 is 0. The highest BCUT2D eigenvalue weighted by atomic mass is 19.1. The number of hydrogen-bond acceptors (Lipinski definition) is 4. The molecule has 0 saturated carbocycles. The third kappa shape index (κ3) is 2.90. The number of halogens is 1. The number of aromatic nitrogens is 2. The second-order valence-corrected chi connectivity index (χ2v) is 4.26. The molecule has 1 aromatic heterocycles. The summed E-state index contributed by atoms with van der Waals surface area (Å²) in [7, 11) is 1.39. The van der Waals surface area contributed by atoms with Gasteiger partial charge < -0.3 is 4.74 Å². The van der Waals surface area contributed by atoms with Gasteiger partial charge in [-0.3, -0.25) is 14.2 Å². The van der Waals surface area contributed by atoms with Crippen molar-refractivity contribution in [1.29, 1.82) is 0 Å². The van der Waals surface area contributed by atoms with Crippen LogP contribution in [0.4, 0.5) is 4.39 Å². The van der Waals surface area contributed by atoms with Gasteiger partial charge in [-0.25, -0.2) is 9.37 Å². The van der Waals surface area contributed by atoms with Crippen LogP contribution in [0.5, 0.6) is 5.75 Å². The Labute approximate surface area is 114 Å². The quantitative estimate of drug-likeness (QED) is 0.795. The number of nitrogens with zero attached hydrogens (tertiary/aromatic N) is 2. The van der Waals surface area contributed by atoms with Crippen molar-refractivity contribution < 1.29 is 13.9 Å². The molecule has 0 aliphatic rings. The molecule has 0 amide bonds. The van der Waals surface area contributed by atoms with Gasteiger partial charge in [0.15, 0.2) is 5.78 Å². The Morgan fingerprint density at radius 2 is 2.15 bits per heavy atom. The number of ether oxygens (including phenoxy) is 1. The fourth-order valence-corrected chi connectivity index (χ4v) is 1.77. The van der Waals surface area contributed by atoms with Gasteiger partial charge in [0, 0.05) is 11.8 Å². The molecule has 0 unspecified atom stereocenters. The third-order valence-corrected chi connectivity index (χ3v) is 2.79. The number of methoxy groups -OCH3 is 1. The van der Waals surface area contributed by atoms with E-state index >= 15 is 0 Å². The largest absolute Gasteiger partial charge is 0.496 e. The smallest absolute Gasteiger partial charge is 0.253 e. The maximum atomic E-state index is 13.2. The van der Waals surface area contributed by atoms with Gasteiger partial charge in [0.1, 0.15) is 11.6 Å². The fraction of sp³-hybridized carbons (Fsp3) is 0.214. The van der Waals surface area contributed by atoms with Crippen molar-refractivity contribution in [3.8, 4) is 5.75 Å². The fourth-order valence-electron chi connectivity index (χ4n) is 1.77. The molecule has 5 nitrogen and oxygen atoms in total. The van der Waals surface area contributed by atoms with Crippen molar-refractivity contribution in [2.24, 2.45) is 0 Å². The number of ketones is 1. The molecular formula is C14H13FN2O3. The molecule has 104 valence electrons. The van der Waals surface area contributed by atoms with Crippen LogP contribution in [0.15, 0.2) is 35.4 Å². The van der Waals surface area contributed by atoms with Gasteiger partial charge >= 0.3 is 0 Å². The summed E-state index contributed by atoms with van der Waals surface area (Å²) in [6.07, 6.45) is 1.29. The molecule has 20 heavy (non-hydrogen) atoms. The second-order valence-electron chi connectivity index (χ2n) is 4.26. The predicted octanol–water partition coefficient (Wildman–Crippen LogP) is 1.58. The molecule has 0 spiro atoms. The van der Waals surface area contributed by atoms with Crippen molar-refractivity contribution in [2.75, 3.05) is 7.11 Å². The van der Waals surface area contributed by atoms with Crippen LogP contribution in [0.1, 0.15) is 16.1 Å². The van der Waals surface area contributed by atoms with E-state index in [9.17, 15) is 14.0 Å². The van der Waals surface area contributed by atoms with Crippen LogP contribution in [0, 0.1) is 12.7 Å². The van der Waals surface area contributed by atoms with Crippen LogP contribution in [0.25, 0.3) is 0 Å². The number of benzene rings is 1. The van der Waals surface area contributed by atoms with Crippen LogP contribution in [0.3, 0.4) is 0 Å². The molecule has 0 aliphatic heterocycles. The van der Waals surface area contributed by atoms with E-state index in [1.54, 1.807) is 6.92 Å². The van der Waals surface area contributed by atoms with Gasteiger partial charge in [-0.2, -0.15) is 0 Å². The van der Waals surface area contributed by atoms with Crippen LogP contribution < -0.4 is 10.3 Å². The Kier molecular flexibility index (Phi) is 3.93. The first-order valence-corrected chi connectivity index (χ1v) is 5.91. The Hall–Kier alpha value is -2.50. The van der Waals surface area contributed by atoms with Crippen molar-refractivity contribution in [3.63, 3.8) is 0 Å². The lowest BCUT2D eigenvalue weighted by molar-refractivity contribution is 0.0967. The lowest BCUT2D eigenvalue weighted by Crippen LogP contribution is -2.24. The van der Waals surface area contributed by atoms with Gasteiger partial charge in [0.05, 0.1) is 25.5 Å². The third-order valence-electron chi connectivity index (χ3n) is 2.79. The van der Waals surface area contributed by atoms with Crippen molar-refractivity contribution in [2.45, 2.75) is 13.5 Å². The molecule has 0 atom stereocenters. The molecule has 0 fully saturated rings. The summed E-state index contributed by atoms with van der Waals surface area (Å²) in [5.41, 5.74) is 0.336. The lowest BCUT2D eigenvalue weighted by atomic mass is 10.1. The lowest BCUT2D eigenvalue weighted by Gasteiger charge is -2.09. The van der Waals surface area contributed by atoms with E-state index < -0.39 is 11.6 Å². The average Bonchev–Trinajstić information content (AvgIpc) is 2.41. The molecule has 2 aromatic rings. The maximum absolute atomic E-state index is 13.2. The zero-order valence-corrected chi connectivity index (χ0v) is 11.1. The zero-order valence-electron chi connectivity index (χ0n) is 11.1. The molecular weight excluding hydrogens is 263 g/mol. The molecule has 0 aliphatic carbocycles. The SMILES string of the molecule is COc1ccc(F)cc1C(=O)Cn1cnc(C)cc1=O. The van der Waals surface area contributed by atoms with Crippen LogP contribution in [-0.2, 0) is 6.54 Å². The van der Waals surface area contributed by atoms with Crippen molar-refractivity contribution >= 4 is 5.78 Å². The number of aryl methyl sites for hydroxylation is 1. The standard InChI is InChI=1S/C14H13FN2O3/c1-9-5-14(19)17(8-16-9)7-12(18)11-6-10(15)3-4-13(11)20-2/h3-6,8H,7H2,1-2H3. The van der Waals surface area contributed by atoms with Gasteiger partial charge in [-0.1, -0.05) is 0 Å². The minimum absolute atomic E-state index is 0.0972. The number of hydrogen-bond donors (Lipinski definition) is 0. The normalized spacial score (nSPS) is 10.3. The predicted molar refractivity (Wildman–Crippen MR) is 70.5 cm³/mol. The van der Waals surface area contributed by atoms with Crippen LogP contribution in [0.2, 0.25) is 0 Å². The van der Waals surface area contributed by atoms with E-state index in [2.05, 4.69) is 4.98 Å². The Morgan fingerprint density at radius 3 is 2.80 bits per heavy atom. The van der Waals surface area contributed by atoms with E-state index in [-0.39, 0.29) is 23.4 Å². The highest BCUT2D eigenvalue weighted by Gasteiger charge is 2.14. The first-order chi connectivity index (χ1) is 9.51. The summed E-state index contributed by atoms with van der Waals surface area (Å²) in [4.78, 5) is 27.8. The molecule has 1 aromatic carbocycles. The maximum Gasteiger partial charge on any atom is 0.253 e. The molecule has 2 rings (SSSR count). The number of rotatable bonds is 4. The molecule has 0 saturated heterocycles. The van der Waals surface area contributed by atoms with E-state index in [0.29, 0.717) is 5.69 Å². The number of carbonyl (C=O) groups is 1. The first kappa shape index (κ1) is 13.9. The van der Waals surface area contributed by atoms with Crippen molar-refractivity contribution in [1.82, 2.24) is 9.55 Å². The van der Waals surface area contributed by atoms with Gasteiger partial charge in [-0.15, -0.1) is 0 Å². The zero-order chi connectivity index (χ0) is 14.7. The number of Topliss-reactive ketones (excluding diaryl/α,β-unsaturated/α-hetero) is 1. The summed E-state index contributed by atoms with van der Waals surface area (Å²) in [6.45, 7) is 1.47. The van der Waals surface area contributed by atoms with Gasteiger partial charge in [0.25, 0.3) is 5.56 Å². The first-order valence-electron chi connectivity index (χ1n) is 5.91. The summed E-state index contributed by atoms with van der Waals surface area (Å²) in [5.74, 6) is -0.692. The van der Waals surface area contributed by atoms with E-state index in [1.807, 2.05) is 0 Å². The van der Waals surface area contributed by atoms with Crippen molar-refractivity contribution in [3.05, 3.63) is 58.0 Å². The average molecular weight is 276 g/mol. The van der Waals surface area contributed by atoms with Gasteiger partial charge in [-0.05, 0) is 25.1 Å². The highest BCUT2D eigenvalue weighted by Crippen LogP contribution is 2.20. The topological polar surface area (TPSA) is 61.2 Å². The minimum Gasteiger partial charge on any atom is -0.496 e. The molecule has 0 radical (unpaired) electrons. The molecule has 0 N–H and O–H groups in total. The van der Waals surface area contributed by atoms with E-state index in [1.165, 1.54) is 36.2 Å². The van der Waals surface area contributed by atoms with Crippen LogP contribution >= 0.6 is 0 Å². The second kappa shape index (κ2) is 5.64. The minimum atomic E-state index is -0.538. The monoisotopic (exact) mass is 276 g/mol. The summed E-state index contributed by atoms with van der Waals surface area (Å²) < 4.78 is 19.4. The molecule has 1 heterocycles. The van der Waals surface area contributed by atoms with Crippen LogP contribution in [-0.4, -0.2) is 22.4 Å². The Morgan fingerprint density at radius 1 is 1.40 bits per heavy atom.